The molecule has 0 aliphatic rings. The molecular formula is C20H31ClF2Sn. The van der Waals surface area contributed by atoms with E-state index in [1.807, 2.05) is 0 Å². The fourth-order valence-corrected chi connectivity index (χ4v) is 18.0. The minimum atomic E-state index is -3.33. The molecule has 0 amide bonds. The third kappa shape index (κ3) is 6.33. The molecule has 24 heavy (non-hydrogen) atoms. The van der Waals surface area contributed by atoms with Gasteiger partial charge in [-0.1, -0.05) is 0 Å². The quantitative estimate of drug-likeness (QED) is 0.289. The van der Waals surface area contributed by atoms with Crippen molar-refractivity contribution in [3.05, 3.63) is 38.7 Å². The van der Waals surface area contributed by atoms with E-state index in [9.17, 15) is 4.39 Å². The Morgan fingerprint density at radius 3 is 1.83 bits per heavy atom. The Bertz CT molecular complexity index is 506. The van der Waals surface area contributed by atoms with Gasteiger partial charge in [0.05, 0.1) is 0 Å². The maximum absolute atomic E-state index is 15.5. The van der Waals surface area contributed by atoms with Gasteiger partial charge in [-0.2, -0.15) is 0 Å². The van der Waals surface area contributed by atoms with Gasteiger partial charge in [0, 0.05) is 0 Å². The molecule has 0 aliphatic carbocycles. The first-order chi connectivity index (χ1) is 11.5. The number of hydrogen-bond acceptors (Lipinski definition) is 0. The van der Waals surface area contributed by atoms with Crippen molar-refractivity contribution in [2.75, 3.05) is 0 Å². The third-order valence-electron chi connectivity index (χ3n) is 4.76. The predicted octanol–water partition coefficient (Wildman–Crippen LogP) is 8.34. The van der Waals surface area contributed by atoms with Gasteiger partial charge >= 0.3 is 156 Å². The molecular weight excluding hydrogens is 432 g/mol. The van der Waals surface area contributed by atoms with E-state index in [1.165, 1.54) is 6.07 Å². The molecule has 0 radical (unpaired) electrons. The zero-order chi connectivity index (χ0) is 18.0. The van der Waals surface area contributed by atoms with Crippen LogP contribution in [0, 0.1) is 0 Å². The molecule has 136 valence electrons. The topological polar surface area (TPSA) is 0 Å². The zero-order valence-electron chi connectivity index (χ0n) is 15.3. The molecule has 0 nitrogen and oxygen atoms in total. The summed E-state index contributed by atoms with van der Waals surface area (Å²) in [6.45, 7) is 6.39. The van der Waals surface area contributed by atoms with E-state index in [-0.39, 0.29) is 3.84 Å². The summed E-state index contributed by atoms with van der Waals surface area (Å²) in [6, 6.07) is 6.54. The van der Waals surface area contributed by atoms with Crippen LogP contribution >= 0.6 is 11.6 Å². The van der Waals surface area contributed by atoms with Crippen LogP contribution in [0.15, 0.2) is 28.1 Å². The Balaban J connectivity index is 3.27. The summed E-state index contributed by atoms with van der Waals surface area (Å²) in [7, 11) is 0. The van der Waals surface area contributed by atoms with Crippen LogP contribution in [-0.4, -0.2) is 18.4 Å². The SMILES string of the molecule is CCC[CH2][Sn]([CH2]CCC)([CH2]CCC)/[C](F)=C(/F)c1cccc(Cl)c1. The van der Waals surface area contributed by atoms with Crippen LogP contribution in [0.1, 0.15) is 64.9 Å². The summed E-state index contributed by atoms with van der Waals surface area (Å²) in [4.78, 5) is 0. The monoisotopic (exact) mass is 464 g/mol. The van der Waals surface area contributed by atoms with Crippen molar-refractivity contribution < 1.29 is 8.78 Å². The average Bonchev–Trinajstić information content (AvgIpc) is 2.60. The molecule has 0 bridgehead atoms. The van der Waals surface area contributed by atoms with E-state index >= 15 is 4.39 Å². The van der Waals surface area contributed by atoms with Gasteiger partial charge in [0.15, 0.2) is 0 Å². The fourth-order valence-electron chi connectivity index (χ4n) is 3.23. The summed E-state index contributed by atoms with van der Waals surface area (Å²) in [5.74, 6) is -0.642. The Labute approximate surface area is 155 Å². The average molecular weight is 464 g/mol. The van der Waals surface area contributed by atoms with Gasteiger partial charge in [0.1, 0.15) is 0 Å². The number of unbranched alkanes of at least 4 members (excludes halogenated alkanes) is 3. The summed E-state index contributed by atoms with van der Waals surface area (Å²) < 4.78 is 32.8. The molecule has 0 aliphatic heterocycles. The third-order valence-corrected chi connectivity index (χ3v) is 19.5. The van der Waals surface area contributed by atoms with Gasteiger partial charge in [-0.25, -0.2) is 0 Å². The van der Waals surface area contributed by atoms with Crippen LogP contribution in [0.4, 0.5) is 8.78 Å². The van der Waals surface area contributed by atoms with Crippen LogP contribution in [0.25, 0.3) is 5.83 Å². The minimum absolute atomic E-state index is 0.297. The van der Waals surface area contributed by atoms with Gasteiger partial charge in [-0.15, -0.1) is 0 Å². The molecule has 0 saturated carbocycles. The van der Waals surface area contributed by atoms with Crippen molar-refractivity contribution >= 4 is 35.8 Å². The molecule has 0 atom stereocenters. The number of halogens is 3. The summed E-state index contributed by atoms with van der Waals surface area (Å²) in [5.41, 5.74) is 0.297. The van der Waals surface area contributed by atoms with Crippen molar-refractivity contribution in [2.45, 2.75) is 72.6 Å². The van der Waals surface area contributed by atoms with Crippen molar-refractivity contribution in [1.82, 2.24) is 0 Å². The molecule has 0 unspecified atom stereocenters. The Hall–Kier alpha value is -0.0913. The van der Waals surface area contributed by atoms with Crippen LogP contribution in [-0.2, 0) is 0 Å². The summed E-state index contributed by atoms with van der Waals surface area (Å²) in [6.07, 6.45) is 6.17. The van der Waals surface area contributed by atoms with Crippen molar-refractivity contribution in [2.24, 2.45) is 0 Å². The normalized spacial score (nSPS) is 13.1. The first-order valence-electron chi connectivity index (χ1n) is 9.32. The Kier molecular flexibility index (Phi) is 10.5. The maximum atomic E-state index is 15.5. The molecule has 1 aromatic rings. The van der Waals surface area contributed by atoms with Crippen molar-refractivity contribution in [3.63, 3.8) is 0 Å². The van der Waals surface area contributed by atoms with Gasteiger partial charge in [0.25, 0.3) is 0 Å². The molecule has 1 aromatic carbocycles. The fraction of sp³-hybridized carbons (Fsp3) is 0.600. The van der Waals surface area contributed by atoms with E-state index in [0.717, 1.165) is 51.8 Å². The van der Waals surface area contributed by atoms with Crippen molar-refractivity contribution in [1.29, 1.82) is 0 Å². The van der Waals surface area contributed by atoms with Crippen LogP contribution < -0.4 is 0 Å². The first kappa shape index (κ1) is 22.0. The summed E-state index contributed by atoms with van der Waals surface area (Å²) >= 11 is 2.63. The zero-order valence-corrected chi connectivity index (χ0v) is 18.9. The molecule has 0 heterocycles. The van der Waals surface area contributed by atoms with Crippen LogP contribution in [0.3, 0.4) is 0 Å². The molecule has 0 N–H and O–H groups in total. The van der Waals surface area contributed by atoms with Crippen LogP contribution in [0.5, 0.6) is 0 Å². The molecule has 0 saturated heterocycles. The molecule has 0 fully saturated rings. The van der Waals surface area contributed by atoms with Crippen LogP contribution in [0.2, 0.25) is 18.3 Å². The standard InChI is InChI=1S/C8H4ClF2.3C4H9.Sn/c9-7-3-1-2-6(4-7)8(11)5-10;3*1-3-4-2;/h1-4H;3*1,3-4H2,2H3;. The Morgan fingerprint density at radius 1 is 0.917 bits per heavy atom. The van der Waals surface area contributed by atoms with E-state index in [4.69, 9.17) is 11.6 Å². The van der Waals surface area contributed by atoms with Gasteiger partial charge in [-0.3, -0.25) is 0 Å². The first-order valence-corrected chi connectivity index (χ1v) is 17.2. The van der Waals surface area contributed by atoms with E-state index in [0.29, 0.717) is 10.6 Å². The second kappa shape index (κ2) is 11.5. The Morgan fingerprint density at radius 2 is 1.42 bits per heavy atom. The van der Waals surface area contributed by atoms with E-state index in [2.05, 4.69) is 20.8 Å². The molecule has 1 rings (SSSR count). The van der Waals surface area contributed by atoms with Gasteiger partial charge in [-0.05, 0) is 0 Å². The van der Waals surface area contributed by atoms with Crippen molar-refractivity contribution in [3.8, 4) is 0 Å². The number of benzene rings is 1. The molecule has 0 spiro atoms. The molecule has 4 heteroatoms. The number of rotatable bonds is 11. The second-order valence-electron chi connectivity index (χ2n) is 6.73. The van der Waals surface area contributed by atoms with E-state index < -0.39 is 24.2 Å². The van der Waals surface area contributed by atoms with Gasteiger partial charge < -0.3 is 0 Å². The number of hydrogen-bond donors (Lipinski definition) is 0. The molecule has 0 aromatic heterocycles. The van der Waals surface area contributed by atoms with E-state index in [1.54, 1.807) is 18.2 Å². The summed E-state index contributed by atoms with van der Waals surface area (Å²) in [5, 5.41) is 0.451. The second-order valence-corrected chi connectivity index (χ2v) is 20.0. The predicted molar refractivity (Wildman–Crippen MR) is 105 cm³/mol. The van der Waals surface area contributed by atoms with Gasteiger partial charge in [0.2, 0.25) is 0 Å².